The van der Waals surface area contributed by atoms with Crippen LogP contribution in [0.2, 0.25) is 0 Å². The first kappa shape index (κ1) is 16.6. The van der Waals surface area contributed by atoms with Crippen molar-refractivity contribution >= 4 is 11.6 Å². The van der Waals surface area contributed by atoms with Crippen LogP contribution in [-0.2, 0) is 0 Å². The third kappa shape index (κ3) is 3.18. The molecule has 0 spiro atoms. The van der Waals surface area contributed by atoms with E-state index in [2.05, 4.69) is 20.2 Å². The summed E-state index contributed by atoms with van der Waals surface area (Å²) in [4.78, 5) is 20.6. The zero-order valence-electron chi connectivity index (χ0n) is 14.5. The van der Waals surface area contributed by atoms with E-state index in [0.29, 0.717) is 22.7 Å². The quantitative estimate of drug-likeness (QED) is 0.555. The normalized spacial score (nSPS) is 10.7. The van der Waals surface area contributed by atoms with Gasteiger partial charge in [0.15, 0.2) is 17.3 Å². The molecule has 0 unspecified atom stereocenters. The average Bonchev–Trinajstić information content (AvgIpc) is 3.19. The van der Waals surface area contributed by atoms with Crippen LogP contribution in [0.1, 0.15) is 17.3 Å². The second kappa shape index (κ2) is 6.80. The Morgan fingerprint density at radius 2 is 1.67 bits per heavy atom. The molecule has 4 rings (SSSR count). The molecule has 2 N–H and O–H groups in total. The Bertz CT molecular complexity index is 1120. The van der Waals surface area contributed by atoms with Crippen LogP contribution in [0.3, 0.4) is 0 Å². The number of rotatable bonds is 4. The highest BCUT2D eigenvalue weighted by atomic mass is 16.4. The lowest BCUT2D eigenvalue weighted by atomic mass is 10.0. The number of carbonyl (C=O) groups is 1. The van der Waals surface area contributed by atoms with Crippen molar-refractivity contribution in [3.05, 3.63) is 66.4 Å². The van der Waals surface area contributed by atoms with E-state index >= 15 is 0 Å². The molecule has 0 saturated heterocycles. The minimum Gasteiger partial charge on any atom is -0.414 e. The molecule has 7 nitrogen and oxygen atoms in total. The van der Waals surface area contributed by atoms with Crippen LogP contribution in [-0.4, -0.2) is 25.9 Å². The average molecular weight is 357 g/mol. The zero-order valence-corrected chi connectivity index (χ0v) is 14.5. The Morgan fingerprint density at radius 1 is 0.963 bits per heavy atom. The molecular formula is C20H15N5O2. The molecule has 0 radical (unpaired) electrons. The molecule has 0 aliphatic rings. The second-order valence-corrected chi connectivity index (χ2v) is 5.87. The van der Waals surface area contributed by atoms with Gasteiger partial charge in [0.1, 0.15) is 0 Å². The van der Waals surface area contributed by atoms with Crippen molar-refractivity contribution < 1.29 is 9.21 Å². The monoisotopic (exact) mass is 357 g/mol. The second-order valence-electron chi connectivity index (χ2n) is 5.87. The van der Waals surface area contributed by atoms with E-state index in [0.717, 1.165) is 5.56 Å². The highest BCUT2D eigenvalue weighted by Gasteiger charge is 2.18. The Balaban J connectivity index is 1.79. The lowest BCUT2D eigenvalue weighted by Gasteiger charge is -2.07. The lowest BCUT2D eigenvalue weighted by Crippen LogP contribution is -2.02. The summed E-state index contributed by atoms with van der Waals surface area (Å²) in [6.07, 6.45) is 1.52. The topological polar surface area (TPSA) is 108 Å². The molecule has 0 aliphatic heterocycles. The third-order valence-electron chi connectivity index (χ3n) is 4.03. The molecule has 0 bridgehead atoms. The first-order chi connectivity index (χ1) is 13.1. The van der Waals surface area contributed by atoms with Crippen LogP contribution in [0, 0.1) is 0 Å². The highest BCUT2D eigenvalue weighted by Crippen LogP contribution is 2.29. The van der Waals surface area contributed by atoms with Crippen LogP contribution in [0.5, 0.6) is 0 Å². The molecule has 0 amide bonds. The SMILES string of the molecule is CC(=O)c1ccccc1-c1cnc(N)c(-c2nnc(-c3ccccc3)o2)n1. The van der Waals surface area contributed by atoms with Gasteiger partial charge in [-0.15, -0.1) is 10.2 Å². The summed E-state index contributed by atoms with van der Waals surface area (Å²) in [7, 11) is 0. The van der Waals surface area contributed by atoms with Gasteiger partial charge in [-0.3, -0.25) is 4.79 Å². The first-order valence-corrected chi connectivity index (χ1v) is 8.25. The van der Waals surface area contributed by atoms with Gasteiger partial charge in [0.2, 0.25) is 5.89 Å². The van der Waals surface area contributed by atoms with E-state index in [1.165, 1.54) is 13.1 Å². The smallest absolute Gasteiger partial charge is 0.270 e. The predicted octanol–water partition coefficient (Wildman–Crippen LogP) is 3.65. The summed E-state index contributed by atoms with van der Waals surface area (Å²) in [5, 5.41) is 8.11. The van der Waals surface area contributed by atoms with Crippen molar-refractivity contribution in [3.63, 3.8) is 0 Å². The minimum atomic E-state index is -0.0603. The molecule has 2 aromatic heterocycles. The maximum absolute atomic E-state index is 11.9. The van der Waals surface area contributed by atoms with Crippen molar-refractivity contribution in [3.8, 4) is 34.3 Å². The zero-order chi connectivity index (χ0) is 18.8. The molecule has 2 aromatic carbocycles. The summed E-state index contributed by atoms with van der Waals surface area (Å²) < 4.78 is 5.73. The van der Waals surface area contributed by atoms with E-state index < -0.39 is 0 Å². The van der Waals surface area contributed by atoms with Gasteiger partial charge >= 0.3 is 0 Å². The number of anilines is 1. The lowest BCUT2D eigenvalue weighted by molar-refractivity contribution is 0.101. The summed E-state index contributed by atoms with van der Waals surface area (Å²) in [6, 6.07) is 16.6. The van der Waals surface area contributed by atoms with Crippen LogP contribution in [0.25, 0.3) is 34.3 Å². The van der Waals surface area contributed by atoms with Gasteiger partial charge in [-0.2, -0.15) is 0 Å². The van der Waals surface area contributed by atoms with Gasteiger partial charge in [0.05, 0.1) is 11.9 Å². The van der Waals surface area contributed by atoms with Crippen molar-refractivity contribution in [1.29, 1.82) is 0 Å². The van der Waals surface area contributed by atoms with Crippen molar-refractivity contribution in [1.82, 2.24) is 20.2 Å². The van der Waals surface area contributed by atoms with Crippen molar-refractivity contribution in [2.45, 2.75) is 6.92 Å². The number of nitrogen functional groups attached to an aromatic ring is 1. The molecule has 0 aliphatic carbocycles. The van der Waals surface area contributed by atoms with Gasteiger partial charge in [-0.1, -0.05) is 42.5 Å². The Hall–Kier alpha value is -3.87. The van der Waals surface area contributed by atoms with Crippen LogP contribution in [0.15, 0.2) is 65.2 Å². The largest absolute Gasteiger partial charge is 0.414 e. The Morgan fingerprint density at radius 3 is 2.44 bits per heavy atom. The van der Waals surface area contributed by atoms with E-state index in [-0.39, 0.29) is 23.2 Å². The van der Waals surface area contributed by atoms with Gasteiger partial charge in [0, 0.05) is 16.7 Å². The molecule has 4 aromatic rings. The van der Waals surface area contributed by atoms with Gasteiger partial charge < -0.3 is 10.2 Å². The van der Waals surface area contributed by atoms with E-state index in [4.69, 9.17) is 10.2 Å². The third-order valence-corrected chi connectivity index (χ3v) is 4.03. The molecule has 0 saturated carbocycles. The van der Waals surface area contributed by atoms with Gasteiger partial charge in [-0.25, -0.2) is 9.97 Å². The van der Waals surface area contributed by atoms with Crippen LogP contribution < -0.4 is 5.73 Å². The number of benzene rings is 2. The molecule has 7 heteroatoms. The molecular weight excluding hydrogens is 342 g/mol. The van der Waals surface area contributed by atoms with E-state index in [9.17, 15) is 4.79 Å². The molecule has 0 atom stereocenters. The predicted molar refractivity (Wildman–Crippen MR) is 101 cm³/mol. The van der Waals surface area contributed by atoms with E-state index in [1.54, 1.807) is 12.1 Å². The van der Waals surface area contributed by atoms with Crippen molar-refractivity contribution in [2.24, 2.45) is 0 Å². The fraction of sp³-hybridized carbons (Fsp3) is 0.0500. The fourth-order valence-electron chi connectivity index (χ4n) is 2.72. The highest BCUT2D eigenvalue weighted by molar-refractivity contribution is 6.00. The molecule has 27 heavy (non-hydrogen) atoms. The summed E-state index contributed by atoms with van der Waals surface area (Å²) in [5.74, 6) is 0.639. The van der Waals surface area contributed by atoms with Gasteiger partial charge in [-0.05, 0) is 19.1 Å². The minimum absolute atomic E-state index is 0.0603. The Labute approximate surface area is 154 Å². The number of carbonyl (C=O) groups excluding carboxylic acids is 1. The fourth-order valence-corrected chi connectivity index (χ4v) is 2.72. The number of Topliss-reactive ketones (excluding diaryl/α,β-unsaturated/α-hetero) is 1. The number of ketones is 1. The summed E-state index contributed by atoms with van der Waals surface area (Å²) >= 11 is 0. The molecule has 132 valence electrons. The number of aromatic nitrogens is 4. The Kier molecular flexibility index (Phi) is 4.18. The maximum atomic E-state index is 11.9. The van der Waals surface area contributed by atoms with Gasteiger partial charge in [0.25, 0.3) is 5.89 Å². The molecule has 2 heterocycles. The van der Waals surface area contributed by atoms with Crippen molar-refractivity contribution in [2.75, 3.05) is 5.73 Å². The number of hydrogen-bond acceptors (Lipinski definition) is 7. The van der Waals surface area contributed by atoms with Crippen LogP contribution in [0.4, 0.5) is 5.82 Å². The van der Waals surface area contributed by atoms with E-state index in [1.807, 2.05) is 42.5 Å². The number of nitrogens with two attached hydrogens (primary N) is 1. The standard InChI is InChI=1S/C20H15N5O2/c1-12(26)14-9-5-6-10-15(14)16-11-22-18(21)17(23-16)20-25-24-19(27-20)13-7-3-2-4-8-13/h2-11H,1H3,(H2,21,22). The maximum Gasteiger partial charge on any atom is 0.270 e. The summed E-state index contributed by atoms with van der Waals surface area (Å²) in [6.45, 7) is 1.51. The number of nitrogens with zero attached hydrogens (tertiary/aromatic N) is 4. The number of hydrogen-bond donors (Lipinski definition) is 1. The summed E-state index contributed by atoms with van der Waals surface area (Å²) in [5.41, 5.74) is 8.77. The van der Waals surface area contributed by atoms with Crippen LogP contribution >= 0.6 is 0 Å². The molecule has 0 fully saturated rings. The first-order valence-electron chi connectivity index (χ1n) is 8.25.